The maximum Gasteiger partial charge on any atom is 0.264 e. The molecule has 2 aromatic heterocycles. The van der Waals surface area contributed by atoms with Gasteiger partial charge in [0, 0.05) is 28.7 Å². The molecule has 0 aliphatic carbocycles. The number of furan rings is 1. The molecule has 2 heterocycles. The Kier molecular flexibility index (Phi) is 5.02. The Morgan fingerprint density at radius 3 is 2.59 bits per heavy atom. The van der Waals surface area contributed by atoms with Crippen molar-refractivity contribution < 1.29 is 21.8 Å². The minimum Gasteiger partial charge on any atom is -0.490 e. The van der Waals surface area contributed by atoms with E-state index in [2.05, 4.69) is 4.98 Å². The summed E-state index contributed by atoms with van der Waals surface area (Å²) in [4.78, 5) is 4.38. The Balaban J connectivity index is 1.90. The average molecular weight is 411 g/mol. The van der Waals surface area contributed by atoms with E-state index in [1.807, 2.05) is 50.2 Å². The van der Waals surface area contributed by atoms with E-state index in [0.29, 0.717) is 17.1 Å². The van der Waals surface area contributed by atoms with Gasteiger partial charge in [-0.1, -0.05) is 18.2 Å². The molecule has 2 aromatic carbocycles. The Bertz CT molecular complexity index is 1260. The summed E-state index contributed by atoms with van der Waals surface area (Å²) in [5.41, 5.74) is 2.27. The lowest BCUT2D eigenvalue weighted by molar-refractivity contribution is 0.244. The molecule has 4 rings (SSSR count). The van der Waals surface area contributed by atoms with Crippen LogP contribution in [0.25, 0.3) is 33.1 Å². The van der Waals surface area contributed by atoms with Gasteiger partial charge in [-0.2, -0.15) is 8.42 Å². The van der Waals surface area contributed by atoms with Crippen molar-refractivity contribution in [3.05, 3.63) is 60.4 Å². The van der Waals surface area contributed by atoms with Crippen molar-refractivity contribution in [3.63, 3.8) is 0 Å². The second-order valence-electron chi connectivity index (χ2n) is 7.16. The number of pyridine rings is 1. The third kappa shape index (κ3) is 4.26. The standard InChI is InChI=1S/C22H21NO5S/c1-14(2)27-21-9-15(13-26-29(3,24)25)8-17-18(21)11-23-12-19(17)22-10-16-6-4-5-7-20(16)28-22/h4-12,14H,13H2,1-3H3. The number of benzene rings is 2. The molecular weight excluding hydrogens is 390 g/mol. The number of hydrogen-bond acceptors (Lipinski definition) is 6. The van der Waals surface area contributed by atoms with E-state index in [1.54, 1.807) is 18.5 Å². The molecule has 0 fully saturated rings. The Morgan fingerprint density at radius 2 is 1.86 bits per heavy atom. The predicted octanol–water partition coefficient (Wildman–Crippen LogP) is 4.91. The number of hydrogen-bond donors (Lipinski definition) is 0. The van der Waals surface area contributed by atoms with E-state index in [0.717, 1.165) is 33.6 Å². The SMILES string of the molecule is CC(C)Oc1cc(COS(C)(=O)=O)cc2c(-c3cc4ccccc4o3)cncc12. The van der Waals surface area contributed by atoms with Crippen LogP contribution < -0.4 is 4.74 Å². The zero-order chi connectivity index (χ0) is 20.6. The van der Waals surface area contributed by atoms with Gasteiger partial charge >= 0.3 is 0 Å². The predicted molar refractivity (Wildman–Crippen MR) is 112 cm³/mol. The maximum atomic E-state index is 11.4. The Morgan fingerprint density at radius 1 is 1.07 bits per heavy atom. The van der Waals surface area contributed by atoms with Crippen LogP contribution in [0, 0.1) is 0 Å². The molecule has 150 valence electrons. The molecule has 7 heteroatoms. The van der Waals surface area contributed by atoms with E-state index >= 15 is 0 Å². The summed E-state index contributed by atoms with van der Waals surface area (Å²) in [5, 5.41) is 2.67. The fourth-order valence-electron chi connectivity index (χ4n) is 3.22. The smallest absolute Gasteiger partial charge is 0.264 e. The molecule has 0 unspecified atom stereocenters. The third-order valence-electron chi connectivity index (χ3n) is 4.39. The van der Waals surface area contributed by atoms with Crippen LogP contribution in [0.4, 0.5) is 0 Å². The van der Waals surface area contributed by atoms with Crippen LogP contribution in [0.1, 0.15) is 19.4 Å². The van der Waals surface area contributed by atoms with E-state index in [9.17, 15) is 8.42 Å². The summed E-state index contributed by atoms with van der Waals surface area (Å²) >= 11 is 0. The monoisotopic (exact) mass is 411 g/mol. The molecule has 0 N–H and O–H groups in total. The van der Waals surface area contributed by atoms with Gasteiger partial charge in [0.1, 0.15) is 17.1 Å². The van der Waals surface area contributed by atoms with Crippen molar-refractivity contribution in [1.29, 1.82) is 0 Å². The highest BCUT2D eigenvalue weighted by atomic mass is 32.2. The van der Waals surface area contributed by atoms with Crippen molar-refractivity contribution in [2.24, 2.45) is 0 Å². The fourth-order valence-corrected chi connectivity index (χ4v) is 3.57. The van der Waals surface area contributed by atoms with Gasteiger partial charge in [-0.05, 0) is 49.1 Å². The van der Waals surface area contributed by atoms with Crippen LogP contribution in [0.2, 0.25) is 0 Å². The van der Waals surface area contributed by atoms with Gasteiger partial charge < -0.3 is 9.15 Å². The second kappa shape index (κ2) is 7.50. The normalized spacial score (nSPS) is 12.1. The largest absolute Gasteiger partial charge is 0.490 e. The fraction of sp³-hybridized carbons (Fsp3) is 0.227. The molecule has 29 heavy (non-hydrogen) atoms. The Hall–Kier alpha value is -2.90. The summed E-state index contributed by atoms with van der Waals surface area (Å²) < 4.78 is 39.9. The highest BCUT2D eigenvalue weighted by molar-refractivity contribution is 7.85. The maximum absolute atomic E-state index is 11.4. The van der Waals surface area contributed by atoms with E-state index in [1.165, 1.54) is 0 Å². The van der Waals surface area contributed by atoms with Gasteiger partial charge in [0.15, 0.2) is 0 Å². The van der Waals surface area contributed by atoms with E-state index in [-0.39, 0.29) is 12.7 Å². The van der Waals surface area contributed by atoms with Crippen LogP contribution in [-0.4, -0.2) is 25.8 Å². The minimum absolute atomic E-state index is 0.0564. The highest BCUT2D eigenvalue weighted by Gasteiger charge is 2.15. The second-order valence-corrected chi connectivity index (χ2v) is 8.80. The summed E-state index contributed by atoms with van der Waals surface area (Å²) in [5.74, 6) is 1.30. The van der Waals surface area contributed by atoms with Gasteiger partial charge in [0.25, 0.3) is 10.1 Å². The number of rotatable bonds is 6. The van der Waals surface area contributed by atoms with Gasteiger partial charge in [0.2, 0.25) is 0 Å². The average Bonchev–Trinajstić information content (AvgIpc) is 3.09. The van der Waals surface area contributed by atoms with Gasteiger partial charge in [-0.25, -0.2) is 0 Å². The number of fused-ring (bicyclic) bond motifs is 2. The van der Waals surface area contributed by atoms with Crippen LogP contribution in [0.15, 0.2) is 59.3 Å². The van der Waals surface area contributed by atoms with Gasteiger partial charge in [-0.15, -0.1) is 0 Å². The molecule has 4 aromatic rings. The Labute approximate surface area is 169 Å². The number of nitrogens with zero attached hydrogens (tertiary/aromatic N) is 1. The summed E-state index contributed by atoms with van der Waals surface area (Å²) in [6.07, 6.45) is 4.45. The van der Waals surface area contributed by atoms with Gasteiger partial charge in [-0.3, -0.25) is 9.17 Å². The van der Waals surface area contributed by atoms with E-state index in [4.69, 9.17) is 13.3 Å². The first-order valence-electron chi connectivity index (χ1n) is 9.21. The molecule has 0 spiro atoms. The van der Waals surface area contributed by atoms with Crippen molar-refractivity contribution in [1.82, 2.24) is 4.98 Å². The molecule has 0 aliphatic heterocycles. The lowest BCUT2D eigenvalue weighted by atomic mass is 10.0. The topological polar surface area (TPSA) is 78.6 Å². The first-order chi connectivity index (χ1) is 13.8. The van der Waals surface area contributed by atoms with Crippen LogP contribution >= 0.6 is 0 Å². The van der Waals surface area contributed by atoms with Gasteiger partial charge in [0.05, 0.1) is 19.0 Å². The molecule has 0 atom stereocenters. The number of aromatic nitrogens is 1. The number of ether oxygens (including phenoxy) is 1. The zero-order valence-corrected chi connectivity index (χ0v) is 17.2. The van der Waals surface area contributed by atoms with Crippen molar-refractivity contribution >= 4 is 31.9 Å². The first-order valence-corrected chi connectivity index (χ1v) is 11.0. The summed E-state index contributed by atoms with van der Waals surface area (Å²) in [6, 6.07) is 13.4. The molecule has 0 radical (unpaired) electrons. The molecule has 0 aliphatic rings. The molecule has 0 amide bonds. The molecule has 0 saturated carbocycles. The lowest BCUT2D eigenvalue weighted by Crippen LogP contribution is -2.07. The third-order valence-corrected chi connectivity index (χ3v) is 4.94. The number of para-hydroxylation sites is 1. The molecule has 6 nitrogen and oxygen atoms in total. The quantitative estimate of drug-likeness (QED) is 0.420. The lowest BCUT2D eigenvalue weighted by Gasteiger charge is -2.15. The summed E-state index contributed by atoms with van der Waals surface area (Å²) in [6.45, 7) is 3.79. The highest BCUT2D eigenvalue weighted by Crippen LogP contribution is 2.37. The van der Waals surface area contributed by atoms with Crippen LogP contribution in [-0.2, 0) is 20.9 Å². The first kappa shape index (κ1) is 19.4. The van der Waals surface area contributed by atoms with Crippen molar-refractivity contribution in [2.45, 2.75) is 26.6 Å². The minimum atomic E-state index is -3.56. The molecule has 0 saturated heterocycles. The van der Waals surface area contributed by atoms with Crippen LogP contribution in [0.5, 0.6) is 5.75 Å². The van der Waals surface area contributed by atoms with Crippen molar-refractivity contribution in [2.75, 3.05) is 6.26 Å². The zero-order valence-electron chi connectivity index (χ0n) is 16.4. The van der Waals surface area contributed by atoms with E-state index < -0.39 is 10.1 Å². The summed E-state index contributed by atoms with van der Waals surface area (Å²) in [7, 11) is -3.56. The van der Waals surface area contributed by atoms with Crippen LogP contribution in [0.3, 0.4) is 0 Å². The molecule has 0 bridgehead atoms. The van der Waals surface area contributed by atoms with Crippen molar-refractivity contribution in [3.8, 4) is 17.1 Å². The molecular formula is C22H21NO5S.